The number of hydrogen-bond acceptors (Lipinski definition) is 29. The number of amides is 5. The Bertz CT molecular complexity index is 8270. The lowest BCUT2D eigenvalue weighted by molar-refractivity contribution is -0.121. The lowest BCUT2D eigenvalue weighted by Gasteiger charge is -2.15. The van der Waals surface area contributed by atoms with Gasteiger partial charge in [0.05, 0.1) is 85.1 Å². The third-order valence-electron chi connectivity index (χ3n) is 21.1. The summed E-state index contributed by atoms with van der Waals surface area (Å²) < 4.78 is 30.0. The monoisotopic (exact) mass is 2230 g/mol. The van der Waals surface area contributed by atoms with Crippen LogP contribution in [0.5, 0.6) is 0 Å². The van der Waals surface area contributed by atoms with Crippen molar-refractivity contribution < 1.29 is 95.6 Å². The second-order valence-electron chi connectivity index (χ2n) is 31.0. The molecule has 5 aliphatic heterocycles. The average molecular weight is 2240 g/mol. The van der Waals surface area contributed by atoms with E-state index in [1.54, 1.807) is 156 Å². The highest BCUT2D eigenvalue weighted by atomic mass is 79.9. The molecular weight excluding hydrogens is 2170 g/mol. The molecule has 0 unspecified atom stereocenters. The zero-order chi connectivity index (χ0) is 105. The number of amidine groups is 5. The van der Waals surface area contributed by atoms with E-state index in [1.807, 2.05) is 127 Å². The number of benzene rings is 9. The molecule has 43 heteroatoms. The van der Waals surface area contributed by atoms with Crippen LogP contribution in [0.3, 0.4) is 0 Å². The Kier molecular flexibility index (Phi) is 32.7. The number of carboxylic acid groups (broad SMARTS) is 5. The highest BCUT2D eigenvalue weighted by Crippen LogP contribution is 2.44. The fourth-order valence-electron chi connectivity index (χ4n) is 14.1. The molecular formula is C106H66BrCl3N12O20S7. The predicted octanol–water partition coefficient (Wildman–Crippen LogP) is 26.9. The number of carboxylic acids is 5. The Morgan fingerprint density at radius 3 is 1.32 bits per heavy atom. The molecule has 12 heterocycles. The molecule has 0 atom stereocenters. The number of aromatic carboxylic acids is 5. The van der Waals surface area contributed by atoms with Gasteiger partial charge in [0.25, 0.3) is 29.5 Å². The fraction of sp³-hybridized carbons (Fsp3) is 0.00943. The highest BCUT2D eigenvalue weighted by Gasteiger charge is 2.39. The number of furan rings is 5. The van der Waals surface area contributed by atoms with E-state index < -0.39 is 29.8 Å². The second-order valence-corrected chi connectivity index (χ2v) is 40.0. The third-order valence-corrected chi connectivity index (χ3v) is 28.8. The van der Waals surface area contributed by atoms with Crippen LogP contribution in [0.15, 0.2) is 368 Å². The number of likely N-dealkylation sites (N-methyl/N-ethyl adjacent to an activating group) is 1. The summed E-state index contributed by atoms with van der Waals surface area (Å²) in [5.74, 6) is -1.85. The second kappa shape index (κ2) is 46.9. The van der Waals surface area contributed by atoms with Gasteiger partial charge in [-0.25, -0.2) is 58.7 Å². The molecule has 5 aliphatic rings. The zero-order valence-corrected chi connectivity index (χ0v) is 85.6. The van der Waals surface area contributed by atoms with Gasteiger partial charge >= 0.3 is 29.8 Å². The number of aliphatic imine (C=N–C) groups is 3. The maximum Gasteiger partial charge on any atom is 0.337 e. The van der Waals surface area contributed by atoms with Gasteiger partial charge in [0, 0.05) is 97.9 Å². The Morgan fingerprint density at radius 1 is 0.376 bits per heavy atom. The van der Waals surface area contributed by atoms with Crippen molar-refractivity contribution >= 4 is 281 Å². The first-order chi connectivity index (χ1) is 71.8. The van der Waals surface area contributed by atoms with Crippen LogP contribution in [0, 0.1) is 10.8 Å². The third kappa shape index (κ3) is 25.3. The van der Waals surface area contributed by atoms with Crippen LogP contribution in [0.4, 0.5) is 33.0 Å². The fourth-order valence-corrected chi connectivity index (χ4v) is 20.8. The van der Waals surface area contributed by atoms with E-state index in [1.165, 1.54) is 133 Å². The number of aromatic nitrogens is 2. The number of nitrogens with one attached hydrogen (secondary N) is 3. The van der Waals surface area contributed by atoms with Gasteiger partial charge in [0.2, 0.25) is 0 Å². The van der Waals surface area contributed by atoms with Crippen LogP contribution in [0.2, 0.25) is 15.1 Å². The van der Waals surface area contributed by atoms with Crippen LogP contribution >= 0.6 is 132 Å². The van der Waals surface area contributed by atoms with Crippen LogP contribution in [-0.4, -0.2) is 133 Å². The van der Waals surface area contributed by atoms with Gasteiger partial charge in [-0.05, 0) is 253 Å². The number of rotatable bonds is 21. The molecule has 0 aliphatic carbocycles. The van der Waals surface area contributed by atoms with Crippen molar-refractivity contribution in [2.45, 2.75) is 0 Å². The topological polar surface area (TPSA) is 473 Å². The van der Waals surface area contributed by atoms with E-state index in [0.29, 0.717) is 147 Å². The van der Waals surface area contributed by atoms with Gasteiger partial charge < -0.3 is 52.9 Å². The van der Waals surface area contributed by atoms with E-state index in [9.17, 15) is 58.2 Å². The first kappa shape index (κ1) is 104. The molecule has 0 bridgehead atoms. The van der Waals surface area contributed by atoms with Crippen LogP contribution in [0.1, 0.15) is 80.6 Å². The summed E-state index contributed by atoms with van der Waals surface area (Å²) in [4.78, 5) is 149. The van der Waals surface area contributed by atoms with Crippen molar-refractivity contribution in [1.29, 1.82) is 10.8 Å². The van der Waals surface area contributed by atoms with Crippen molar-refractivity contribution in [2.75, 3.05) is 21.7 Å². The molecule has 0 saturated carbocycles. The number of nitrogens with zero attached hydrogens (tertiary/aromatic N) is 9. The normalized spacial score (nSPS) is 16.0. The van der Waals surface area contributed by atoms with Gasteiger partial charge in [-0.15, -0.1) is 22.7 Å². The maximum atomic E-state index is 13.4. The van der Waals surface area contributed by atoms with Crippen molar-refractivity contribution in [1.82, 2.24) is 20.2 Å². The first-order valence-corrected chi connectivity index (χ1v) is 51.1. The summed E-state index contributed by atoms with van der Waals surface area (Å²) in [6.45, 7) is 0. The Balaban J connectivity index is 0.000000127. The minimum absolute atomic E-state index is 0.0118. The summed E-state index contributed by atoms with van der Waals surface area (Å²) >= 11 is 29.6. The Labute approximate surface area is 896 Å². The van der Waals surface area contributed by atoms with Gasteiger partial charge in [-0.2, -0.15) is 0 Å². The SMILES string of the molecule is CN1C(=O)/C(=C/c2ccc(-c3ccc(Br)cc3)o2)SC1=Nc1ccc(C(=O)O)cc1.N=C1S/C(=C/c2ccc(-c3cccc(C(=O)O)c3)o2)C(=O)N1c1nccs1.N=C1S/C(=C\c2ccc(-c3ccc(Cl)cc3C(=O)O)o2)C(=O)N1c1nccs1.O=C(O)c1cc(-c2ccc(/C=C3\SC(=Nc4ccccc4)N(c4ccccc4)C3=O)o2)ccc1Cl.O=C1NC(=Nc2ccccc2)S/C1=C/c1ccc(-c2ccc(C(=O)O)c(Cl)c2)o1. The van der Waals surface area contributed by atoms with Crippen molar-refractivity contribution in [3.63, 3.8) is 0 Å². The van der Waals surface area contributed by atoms with E-state index in [0.717, 1.165) is 44.9 Å². The Hall–Kier alpha value is -16.5. The van der Waals surface area contributed by atoms with Crippen molar-refractivity contribution in [2.24, 2.45) is 15.0 Å². The number of thiazole rings is 2. The summed E-state index contributed by atoms with van der Waals surface area (Å²) in [5.41, 5.74) is 6.30. The molecule has 32 nitrogen and oxygen atoms in total. The molecule has 0 radical (unpaired) electrons. The van der Waals surface area contributed by atoms with Crippen LogP contribution < -0.4 is 20.0 Å². The van der Waals surface area contributed by atoms with Crippen LogP contribution in [-0.2, 0) is 24.0 Å². The molecule has 0 spiro atoms. The molecule has 16 aromatic rings. The van der Waals surface area contributed by atoms with Gasteiger partial charge in [0.1, 0.15) is 57.6 Å². The quantitative estimate of drug-likeness (QED) is 0.0310. The molecule has 5 saturated heterocycles. The lowest BCUT2D eigenvalue weighted by atomic mass is 10.1. The van der Waals surface area contributed by atoms with Gasteiger partial charge in [-0.1, -0.05) is 136 Å². The van der Waals surface area contributed by atoms with Crippen molar-refractivity contribution in [3.8, 4) is 56.6 Å². The molecule has 21 rings (SSSR count). The average Bonchev–Trinajstić information content (AvgIpc) is 1.64. The summed E-state index contributed by atoms with van der Waals surface area (Å²) in [6, 6.07) is 79.4. The smallest absolute Gasteiger partial charge is 0.337 e. The number of anilines is 3. The number of para-hydroxylation sites is 3. The zero-order valence-electron chi connectivity index (χ0n) is 76.0. The van der Waals surface area contributed by atoms with Crippen LogP contribution in [0.25, 0.3) is 87.0 Å². The minimum Gasteiger partial charge on any atom is -0.478 e. The largest absolute Gasteiger partial charge is 0.478 e. The first-order valence-electron chi connectivity index (χ1n) is 43.4. The lowest BCUT2D eigenvalue weighted by Crippen LogP contribution is -2.28. The highest BCUT2D eigenvalue weighted by molar-refractivity contribution is 9.10. The molecule has 5 fully saturated rings. The number of carbonyl (C=O) groups is 10. The number of carbonyl (C=O) groups excluding carboxylic acids is 5. The summed E-state index contributed by atoms with van der Waals surface area (Å²) in [5, 5.41) is 71.2. The predicted molar refractivity (Wildman–Crippen MR) is 586 cm³/mol. The van der Waals surface area contributed by atoms with E-state index in [-0.39, 0.29) is 77.7 Å². The Morgan fingerprint density at radius 2 is 0.812 bits per heavy atom. The van der Waals surface area contributed by atoms with Gasteiger partial charge in [0.15, 0.2) is 36.1 Å². The van der Waals surface area contributed by atoms with E-state index in [2.05, 4.69) is 41.2 Å². The molecule has 149 heavy (non-hydrogen) atoms. The van der Waals surface area contributed by atoms with E-state index >= 15 is 0 Å². The molecule has 740 valence electrons. The molecule has 7 aromatic heterocycles. The van der Waals surface area contributed by atoms with E-state index in [4.69, 9.17) is 88.0 Å². The molecule has 8 N–H and O–H groups in total. The number of thioether (sulfide) groups is 5. The van der Waals surface area contributed by atoms with Gasteiger partial charge in [-0.3, -0.25) is 44.6 Å². The molecule has 9 aromatic carbocycles. The minimum atomic E-state index is -1.12. The maximum absolute atomic E-state index is 13.4. The summed E-state index contributed by atoms with van der Waals surface area (Å²) in [6.07, 6.45) is 11.2. The van der Waals surface area contributed by atoms with Crippen molar-refractivity contribution in [3.05, 3.63) is 403 Å². The number of hydrogen-bond donors (Lipinski definition) is 8. The number of halogens is 4. The molecule has 5 amide bonds. The standard InChI is InChI=1S/C27H17ClN2O4S.C22H15BrN2O4S.C21H13ClN2O4S.C18H10ClN3O4S2.C18H11N3O4S2/c28-22-13-11-17(15-21(22)26(32)33)23-14-12-20(34-23)16-24-25(31)30(19-9-5-2-6-10-19)27(35-24)29-18-7-3-1-4-8-18;1-25-20(26)19(30-22(25)24-16-8-4-14(5-9-16)21(27)28)12-17-10-11-18(29-17)13-2-6-15(23)7-3-13;22-16-10-12(6-8-15(16)20(26)27)17-9-7-14(28-17)11-18-19(25)24-21(29-18)23-13-4-2-1-3-5-13;19-9-1-3-11(12(7-9)16(24)25)13-4-2-10(26-13)8-14-15(23)22(17(20)28-14)18-21-5-6-27-18;19-17-21(18-20-6-7-26-18)15(22)14(27-17)9-12-4-5-13(25-12)10-2-1-3-11(8-10)16(23)24/h1-16H,(H,32,33);2-12H,1H3,(H,27,28);1-11H,(H,26,27)(H,23,24,25);1-8,20H,(H,24,25);1-9,19H,(H,23,24)/b24-16-,29-27?;19-12-,24-22?;18-11+;14-8-,20-17?;14-9+,19-17?. The summed E-state index contributed by atoms with van der Waals surface area (Å²) in [7, 11) is 1.65.